The van der Waals surface area contributed by atoms with Crippen molar-refractivity contribution in [3.63, 3.8) is 0 Å². The van der Waals surface area contributed by atoms with Gasteiger partial charge in [0.15, 0.2) is 5.00 Å². The lowest BCUT2D eigenvalue weighted by Crippen LogP contribution is -2.28. The van der Waals surface area contributed by atoms with E-state index >= 15 is 0 Å². The van der Waals surface area contributed by atoms with E-state index in [0.29, 0.717) is 18.4 Å². The zero-order chi connectivity index (χ0) is 14.4. The Labute approximate surface area is 115 Å². The summed E-state index contributed by atoms with van der Waals surface area (Å²) in [6.45, 7) is 2.51. The van der Waals surface area contributed by atoms with Gasteiger partial charge < -0.3 is 5.73 Å². The third-order valence-corrected chi connectivity index (χ3v) is 6.57. The van der Waals surface area contributed by atoms with Crippen LogP contribution in [0, 0.1) is 22.0 Å². The molecule has 0 saturated heterocycles. The van der Waals surface area contributed by atoms with Gasteiger partial charge in [0.25, 0.3) is 10.0 Å². The monoisotopic (exact) mass is 305 g/mol. The number of nitrogen functional groups attached to an aromatic ring is 1. The van der Waals surface area contributed by atoms with Gasteiger partial charge in [0.1, 0.15) is 4.21 Å². The molecule has 106 valence electrons. The third kappa shape index (κ3) is 2.72. The molecule has 1 aliphatic rings. The van der Waals surface area contributed by atoms with E-state index in [1.807, 2.05) is 0 Å². The van der Waals surface area contributed by atoms with Gasteiger partial charge in [0.05, 0.1) is 4.92 Å². The van der Waals surface area contributed by atoms with E-state index < -0.39 is 14.9 Å². The van der Waals surface area contributed by atoms with E-state index in [4.69, 9.17) is 5.73 Å². The van der Waals surface area contributed by atoms with Crippen molar-refractivity contribution in [1.29, 1.82) is 0 Å². The Morgan fingerprint density at radius 1 is 1.63 bits per heavy atom. The lowest BCUT2D eigenvalue weighted by Gasteiger charge is -2.15. The highest BCUT2D eigenvalue weighted by Crippen LogP contribution is 2.40. The molecule has 0 amide bonds. The molecular formula is C10H15N3O4S2. The van der Waals surface area contributed by atoms with Crippen molar-refractivity contribution < 1.29 is 13.3 Å². The van der Waals surface area contributed by atoms with Gasteiger partial charge in [-0.25, -0.2) is 8.42 Å². The smallest absolute Gasteiger partial charge is 0.304 e. The van der Waals surface area contributed by atoms with Crippen LogP contribution in [0.15, 0.2) is 10.3 Å². The average Bonchev–Trinajstić information content (AvgIpc) is 2.84. The molecule has 1 saturated carbocycles. The van der Waals surface area contributed by atoms with E-state index in [2.05, 4.69) is 6.92 Å². The van der Waals surface area contributed by atoms with Gasteiger partial charge in [0, 0.05) is 19.7 Å². The molecule has 0 bridgehead atoms. The molecule has 1 aromatic rings. The Bertz CT molecular complexity index is 610. The number of nitro groups is 1. The van der Waals surface area contributed by atoms with Crippen LogP contribution in [0.3, 0.4) is 0 Å². The van der Waals surface area contributed by atoms with E-state index in [1.54, 1.807) is 0 Å². The van der Waals surface area contributed by atoms with Crippen LogP contribution in [0.1, 0.15) is 13.3 Å². The number of hydrogen-bond donors (Lipinski definition) is 1. The summed E-state index contributed by atoms with van der Waals surface area (Å²) in [5, 5.41) is 10.6. The molecule has 2 atom stereocenters. The predicted octanol–water partition coefficient (Wildman–Crippen LogP) is 1.52. The third-order valence-electron chi connectivity index (χ3n) is 3.35. The van der Waals surface area contributed by atoms with Crippen molar-refractivity contribution in [1.82, 2.24) is 4.31 Å². The van der Waals surface area contributed by atoms with Gasteiger partial charge in [-0.15, -0.1) is 0 Å². The standard InChI is InChI=1S/C10H15N3O4S2/c1-6-3-7(6)5-12(2)19(16,17)9-4-8(13(14)15)10(11)18-9/h4,6-7H,3,5,11H2,1-2H3. The molecule has 2 rings (SSSR count). The van der Waals surface area contributed by atoms with Crippen LogP contribution < -0.4 is 5.73 Å². The summed E-state index contributed by atoms with van der Waals surface area (Å²) < 4.78 is 25.7. The van der Waals surface area contributed by atoms with E-state index in [-0.39, 0.29) is 14.9 Å². The first kappa shape index (κ1) is 14.2. The van der Waals surface area contributed by atoms with Crippen LogP contribution >= 0.6 is 11.3 Å². The number of rotatable bonds is 5. The zero-order valence-electron chi connectivity index (χ0n) is 10.6. The van der Waals surface area contributed by atoms with Crippen LogP contribution in [0.5, 0.6) is 0 Å². The van der Waals surface area contributed by atoms with Crippen LogP contribution in [0.4, 0.5) is 10.7 Å². The number of nitrogens with zero attached hydrogens (tertiary/aromatic N) is 2. The van der Waals surface area contributed by atoms with Gasteiger partial charge in [-0.2, -0.15) is 4.31 Å². The molecule has 1 fully saturated rings. The molecule has 1 aromatic heterocycles. The highest BCUT2D eigenvalue weighted by molar-refractivity contribution is 7.91. The number of thiophene rings is 1. The van der Waals surface area contributed by atoms with Crippen molar-refractivity contribution in [3.8, 4) is 0 Å². The molecule has 0 aliphatic heterocycles. The van der Waals surface area contributed by atoms with E-state index in [9.17, 15) is 18.5 Å². The van der Waals surface area contributed by atoms with E-state index in [1.165, 1.54) is 11.4 Å². The lowest BCUT2D eigenvalue weighted by atomic mass is 10.3. The molecule has 7 nitrogen and oxygen atoms in total. The predicted molar refractivity (Wildman–Crippen MR) is 72.5 cm³/mol. The van der Waals surface area contributed by atoms with Gasteiger partial charge >= 0.3 is 5.69 Å². The number of sulfonamides is 1. The summed E-state index contributed by atoms with van der Waals surface area (Å²) in [6.07, 6.45) is 1.02. The molecule has 9 heteroatoms. The lowest BCUT2D eigenvalue weighted by molar-refractivity contribution is -0.383. The first-order chi connectivity index (χ1) is 8.73. The fourth-order valence-corrected chi connectivity index (χ4v) is 4.53. The van der Waals surface area contributed by atoms with Crippen molar-refractivity contribution >= 4 is 32.0 Å². The minimum atomic E-state index is -3.69. The Balaban J connectivity index is 2.23. The zero-order valence-corrected chi connectivity index (χ0v) is 12.2. The molecule has 19 heavy (non-hydrogen) atoms. The molecule has 0 spiro atoms. The largest absolute Gasteiger partial charge is 0.385 e. The van der Waals surface area contributed by atoms with Gasteiger partial charge in [-0.1, -0.05) is 18.3 Å². The molecule has 2 N–H and O–H groups in total. The number of hydrogen-bond acceptors (Lipinski definition) is 6. The van der Waals surface area contributed by atoms with Crippen LogP contribution in [0.25, 0.3) is 0 Å². The topological polar surface area (TPSA) is 107 Å². The quantitative estimate of drug-likeness (QED) is 0.655. The second kappa shape index (κ2) is 4.73. The fourth-order valence-electron chi connectivity index (χ4n) is 1.88. The number of nitrogens with two attached hydrogens (primary N) is 1. The Kier molecular flexibility index (Phi) is 3.54. The molecule has 0 radical (unpaired) electrons. The van der Waals surface area contributed by atoms with Gasteiger partial charge in [-0.3, -0.25) is 10.1 Å². The first-order valence-electron chi connectivity index (χ1n) is 5.73. The van der Waals surface area contributed by atoms with Gasteiger partial charge in [-0.05, 0) is 18.3 Å². The van der Waals surface area contributed by atoms with Gasteiger partial charge in [0.2, 0.25) is 0 Å². The van der Waals surface area contributed by atoms with Crippen molar-refractivity contribution in [3.05, 3.63) is 16.2 Å². The first-order valence-corrected chi connectivity index (χ1v) is 7.99. The second-order valence-electron chi connectivity index (χ2n) is 4.83. The Morgan fingerprint density at radius 3 is 2.63 bits per heavy atom. The second-order valence-corrected chi connectivity index (χ2v) is 8.19. The summed E-state index contributed by atoms with van der Waals surface area (Å²) >= 11 is 0.733. The van der Waals surface area contributed by atoms with E-state index in [0.717, 1.165) is 23.8 Å². The van der Waals surface area contributed by atoms with Crippen LogP contribution in [-0.4, -0.2) is 31.2 Å². The summed E-state index contributed by atoms with van der Waals surface area (Å²) in [6, 6.07) is 1.03. The minimum Gasteiger partial charge on any atom is -0.385 e. The highest BCUT2D eigenvalue weighted by Gasteiger charge is 2.37. The van der Waals surface area contributed by atoms with Crippen LogP contribution in [-0.2, 0) is 10.0 Å². The normalized spacial score (nSPS) is 22.7. The van der Waals surface area contributed by atoms with Crippen LogP contribution in [0.2, 0.25) is 0 Å². The maximum atomic E-state index is 12.2. The Hall–Kier alpha value is -1.19. The molecular weight excluding hydrogens is 290 g/mol. The molecule has 1 heterocycles. The highest BCUT2D eigenvalue weighted by atomic mass is 32.2. The summed E-state index contributed by atoms with van der Waals surface area (Å²) in [7, 11) is -2.20. The minimum absolute atomic E-state index is 0.0764. The van der Waals surface area contributed by atoms with Crippen molar-refractivity contribution in [2.45, 2.75) is 17.6 Å². The number of anilines is 1. The Morgan fingerprint density at radius 2 is 2.21 bits per heavy atom. The maximum Gasteiger partial charge on any atom is 0.304 e. The SMILES string of the molecule is CC1CC1CN(C)S(=O)(=O)c1cc([N+](=O)[O-])c(N)s1. The molecule has 1 aliphatic carbocycles. The fraction of sp³-hybridized carbons (Fsp3) is 0.600. The summed E-state index contributed by atoms with van der Waals surface area (Å²) in [4.78, 5) is 10.0. The van der Waals surface area contributed by atoms with Crippen molar-refractivity contribution in [2.24, 2.45) is 11.8 Å². The average molecular weight is 305 g/mol. The summed E-state index contributed by atoms with van der Waals surface area (Å²) in [5.41, 5.74) is 5.12. The molecule has 2 unspecified atom stereocenters. The summed E-state index contributed by atoms with van der Waals surface area (Å²) in [5.74, 6) is 0.924. The van der Waals surface area contributed by atoms with Crippen molar-refractivity contribution in [2.75, 3.05) is 19.3 Å². The maximum absolute atomic E-state index is 12.2. The molecule has 0 aromatic carbocycles.